The van der Waals surface area contributed by atoms with Crippen molar-refractivity contribution >= 4 is 15.7 Å². The molecule has 0 spiro atoms. The molecule has 3 aromatic rings. The lowest BCUT2D eigenvalue weighted by Gasteiger charge is -2.10. The Hall–Kier alpha value is -3.06. The third-order valence-corrected chi connectivity index (χ3v) is 6.81. The fraction of sp³-hybridized carbons (Fsp3) is 0.292. The lowest BCUT2D eigenvalue weighted by atomic mass is 10.1. The Labute approximate surface area is 183 Å². The van der Waals surface area contributed by atoms with E-state index in [1.165, 1.54) is 12.1 Å². The van der Waals surface area contributed by atoms with E-state index < -0.39 is 15.7 Å². The molecule has 6 nitrogen and oxygen atoms in total. The van der Waals surface area contributed by atoms with Gasteiger partial charge in [0.05, 0.1) is 11.5 Å². The zero-order valence-corrected chi connectivity index (χ0v) is 19.0. The van der Waals surface area contributed by atoms with Crippen LogP contribution in [0.5, 0.6) is 5.75 Å². The van der Waals surface area contributed by atoms with Crippen LogP contribution < -0.4 is 10.1 Å². The highest BCUT2D eigenvalue weighted by Gasteiger charge is 2.22. The predicted molar refractivity (Wildman–Crippen MR) is 119 cm³/mol. The van der Waals surface area contributed by atoms with Crippen LogP contribution in [0, 0.1) is 20.8 Å². The number of hydrogen-bond acceptors (Lipinski definition) is 5. The van der Waals surface area contributed by atoms with Crippen LogP contribution in [0.15, 0.2) is 57.8 Å². The van der Waals surface area contributed by atoms with Crippen LogP contribution in [0.3, 0.4) is 0 Å². The first kappa shape index (κ1) is 22.6. The molecular weight excluding hydrogens is 414 g/mol. The van der Waals surface area contributed by atoms with Crippen molar-refractivity contribution in [2.45, 2.75) is 44.9 Å². The summed E-state index contributed by atoms with van der Waals surface area (Å²) in [6.45, 7) is 8.44. The zero-order valence-electron chi connectivity index (χ0n) is 18.2. The molecule has 0 bridgehead atoms. The van der Waals surface area contributed by atoms with E-state index >= 15 is 0 Å². The van der Waals surface area contributed by atoms with E-state index in [1.54, 1.807) is 13.0 Å². The highest BCUT2D eigenvalue weighted by Crippen LogP contribution is 2.24. The molecule has 2 aromatic carbocycles. The van der Waals surface area contributed by atoms with Gasteiger partial charge in [-0.05, 0) is 80.3 Å². The molecule has 0 fully saturated rings. The normalized spacial score (nSPS) is 11.4. The lowest BCUT2D eigenvalue weighted by molar-refractivity contribution is 0.0921. The van der Waals surface area contributed by atoms with Gasteiger partial charge in [0.15, 0.2) is 15.6 Å². The first-order valence-electron chi connectivity index (χ1n) is 10.1. The number of aryl methyl sites for hydroxylation is 3. The van der Waals surface area contributed by atoms with Gasteiger partial charge in [-0.3, -0.25) is 4.79 Å². The summed E-state index contributed by atoms with van der Waals surface area (Å²) in [6.07, 6.45) is 0. The van der Waals surface area contributed by atoms with Gasteiger partial charge in [0, 0.05) is 6.54 Å². The zero-order chi connectivity index (χ0) is 22.6. The van der Waals surface area contributed by atoms with Gasteiger partial charge in [-0.1, -0.05) is 18.2 Å². The van der Waals surface area contributed by atoms with Crippen LogP contribution in [-0.2, 0) is 22.1 Å². The molecule has 164 valence electrons. The second-order valence-electron chi connectivity index (χ2n) is 7.49. The summed E-state index contributed by atoms with van der Waals surface area (Å²) in [5, 5.41) is 2.77. The van der Waals surface area contributed by atoms with Crippen molar-refractivity contribution in [2.75, 3.05) is 6.61 Å². The van der Waals surface area contributed by atoms with E-state index in [1.807, 2.05) is 51.1 Å². The maximum absolute atomic E-state index is 12.9. The Morgan fingerprint density at radius 3 is 2.32 bits per heavy atom. The highest BCUT2D eigenvalue weighted by atomic mass is 32.2. The van der Waals surface area contributed by atoms with Crippen molar-refractivity contribution in [3.8, 4) is 5.75 Å². The molecule has 0 saturated heterocycles. The Bertz CT molecular complexity index is 1180. The minimum absolute atomic E-state index is 0.0768. The summed E-state index contributed by atoms with van der Waals surface area (Å²) in [4.78, 5) is 12.7. The molecule has 0 aliphatic rings. The average Bonchev–Trinajstić information content (AvgIpc) is 3.18. The van der Waals surface area contributed by atoms with Crippen LogP contribution >= 0.6 is 0 Å². The first-order chi connectivity index (χ1) is 14.7. The fourth-order valence-electron chi connectivity index (χ4n) is 3.25. The molecule has 0 aliphatic heterocycles. The van der Waals surface area contributed by atoms with Gasteiger partial charge >= 0.3 is 0 Å². The molecule has 0 radical (unpaired) electrons. The number of nitrogens with one attached hydrogen (secondary N) is 1. The summed E-state index contributed by atoms with van der Waals surface area (Å²) in [6, 6.07) is 14.0. The van der Waals surface area contributed by atoms with Crippen molar-refractivity contribution in [1.82, 2.24) is 5.32 Å². The summed E-state index contributed by atoms with van der Waals surface area (Å²) in [7, 11) is -3.60. The molecule has 7 heteroatoms. The SMILES string of the molecule is CCOc1ccc(CNC(=O)c2ccc(CS(=O)(=O)c3cc(C)c(C)cc3C)o2)cc1. The standard InChI is InChI=1S/C24H27NO5S/c1-5-29-20-8-6-19(7-9-20)14-25-24(26)22-11-10-21(30-22)15-31(27,28)23-13-17(3)16(2)12-18(23)4/h6-13H,5,14-15H2,1-4H3,(H,25,26). The summed E-state index contributed by atoms with van der Waals surface area (Å²) >= 11 is 0. The van der Waals surface area contributed by atoms with Crippen LogP contribution in [0.25, 0.3) is 0 Å². The third-order valence-electron chi connectivity index (χ3n) is 5.03. The second kappa shape index (κ2) is 9.39. The number of sulfone groups is 1. The maximum atomic E-state index is 12.9. The van der Waals surface area contributed by atoms with E-state index in [2.05, 4.69) is 5.32 Å². The van der Waals surface area contributed by atoms with Gasteiger partial charge < -0.3 is 14.5 Å². The summed E-state index contributed by atoms with van der Waals surface area (Å²) < 4.78 is 36.7. The van der Waals surface area contributed by atoms with Gasteiger partial charge in [0.1, 0.15) is 17.3 Å². The van der Waals surface area contributed by atoms with Gasteiger partial charge in [0.2, 0.25) is 0 Å². The van der Waals surface area contributed by atoms with Crippen LogP contribution in [-0.4, -0.2) is 20.9 Å². The molecule has 0 unspecified atom stereocenters. The van der Waals surface area contributed by atoms with Crippen molar-refractivity contribution in [3.63, 3.8) is 0 Å². The van der Waals surface area contributed by atoms with E-state index in [9.17, 15) is 13.2 Å². The first-order valence-corrected chi connectivity index (χ1v) is 11.7. The number of carbonyl (C=O) groups is 1. The third kappa shape index (κ3) is 5.55. The number of rotatable bonds is 8. The molecule has 1 aromatic heterocycles. The Morgan fingerprint density at radius 2 is 1.65 bits per heavy atom. The van der Waals surface area contributed by atoms with Crippen LogP contribution in [0.4, 0.5) is 0 Å². The molecule has 1 amide bonds. The molecule has 0 atom stereocenters. The van der Waals surface area contributed by atoms with Crippen LogP contribution in [0.1, 0.15) is 45.5 Å². The molecule has 1 N–H and O–H groups in total. The van der Waals surface area contributed by atoms with Gasteiger partial charge in [-0.25, -0.2) is 8.42 Å². The number of carbonyl (C=O) groups excluding carboxylic acids is 1. The lowest BCUT2D eigenvalue weighted by Crippen LogP contribution is -2.22. The van der Waals surface area contributed by atoms with E-state index in [4.69, 9.17) is 9.15 Å². The fourth-order valence-corrected chi connectivity index (χ4v) is 4.84. The Morgan fingerprint density at radius 1 is 0.968 bits per heavy atom. The Kier molecular flexibility index (Phi) is 6.85. The number of amides is 1. The summed E-state index contributed by atoms with van der Waals surface area (Å²) in [5.74, 6) is 0.368. The number of furan rings is 1. The number of benzene rings is 2. The highest BCUT2D eigenvalue weighted by molar-refractivity contribution is 7.90. The van der Waals surface area contributed by atoms with E-state index in [0.29, 0.717) is 18.7 Å². The molecule has 1 heterocycles. The van der Waals surface area contributed by atoms with Crippen LogP contribution in [0.2, 0.25) is 0 Å². The number of ether oxygens (including phenoxy) is 1. The van der Waals surface area contributed by atoms with Crippen molar-refractivity contribution in [2.24, 2.45) is 0 Å². The van der Waals surface area contributed by atoms with Gasteiger partial charge in [-0.2, -0.15) is 0 Å². The largest absolute Gasteiger partial charge is 0.494 e. The molecule has 0 saturated carbocycles. The van der Waals surface area contributed by atoms with Crippen molar-refractivity contribution in [1.29, 1.82) is 0 Å². The predicted octanol–water partition coefficient (Wildman–Crippen LogP) is 4.51. The van der Waals surface area contributed by atoms with Gasteiger partial charge in [-0.15, -0.1) is 0 Å². The maximum Gasteiger partial charge on any atom is 0.287 e. The monoisotopic (exact) mass is 441 g/mol. The minimum Gasteiger partial charge on any atom is -0.494 e. The molecule has 0 aliphatic carbocycles. The molecular formula is C24H27NO5S. The minimum atomic E-state index is -3.60. The molecule has 3 rings (SSSR count). The van der Waals surface area contributed by atoms with E-state index in [0.717, 1.165) is 22.4 Å². The number of hydrogen-bond donors (Lipinski definition) is 1. The van der Waals surface area contributed by atoms with Crippen molar-refractivity contribution in [3.05, 3.63) is 82.3 Å². The average molecular weight is 442 g/mol. The second-order valence-corrected chi connectivity index (χ2v) is 9.44. The molecule has 31 heavy (non-hydrogen) atoms. The Balaban J connectivity index is 1.65. The summed E-state index contributed by atoms with van der Waals surface area (Å²) in [5.41, 5.74) is 3.57. The quantitative estimate of drug-likeness (QED) is 0.556. The van der Waals surface area contributed by atoms with Crippen molar-refractivity contribution < 1.29 is 22.4 Å². The topological polar surface area (TPSA) is 85.6 Å². The smallest absolute Gasteiger partial charge is 0.287 e. The van der Waals surface area contributed by atoms with Gasteiger partial charge in [0.25, 0.3) is 5.91 Å². The van der Waals surface area contributed by atoms with E-state index in [-0.39, 0.29) is 22.2 Å².